The topological polar surface area (TPSA) is 38.0 Å². The third-order valence-electron chi connectivity index (χ3n) is 4.42. The van der Waals surface area contributed by atoms with Crippen molar-refractivity contribution in [1.29, 1.82) is 0 Å². The minimum atomic E-state index is 0.438. The average molecular weight is 345 g/mol. The fourth-order valence-electron chi connectivity index (χ4n) is 3.33. The van der Waals surface area contributed by atoms with E-state index in [1.54, 1.807) is 0 Å². The molecule has 1 unspecified atom stereocenters. The molecule has 2 nitrogen and oxygen atoms in total. The van der Waals surface area contributed by atoms with Crippen LogP contribution in [-0.4, -0.2) is 6.04 Å². The first-order chi connectivity index (χ1) is 9.22. The van der Waals surface area contributed by atoms with Crippen molar-refractivity contribution in [3.8, 4) is 0 Å². The maximum atomic E-state index is 5.79. The standard InChI is InChI=1S/C15H25BrN2S/c1-2-3-11-4-6-12(7-5-11)14(18-17)10-13-8-9-15(16)19-13/h8-9,11-12,14,18H,2-7,10,17H2,1H3. The summed E-state index contributed by atoms with van der Waals surface area (Å²) in [6.07, 6.45) is 9.27. The van der Waals surface area contributed by atoms with E-state index >= 15 is 0 Å². The van der Waals surface area contributed by atoms with Gasteiger partial charge in [0.25, 0.3) is 0 Å². The van der Waals surface area contributed by atoms with E-state index in [1.807, 2.05) is 11.3 Å². The summed E-state index contributed by atoms with van der Waals surface area (Å²) in [6, 6.07) is 4.78. The molecule has 4 heteroatoms. The summed E-state index contributed by atoms with van der Waals surface area (Å²) >= 11 is 5.36. The van der Waals surface area contributed by atoms with Crippen LogP contribution >= 0.6 is 27.3 Å². The molecular weight excluding hydrogens is 320 g/mol. The number of halogens is 1. The van der Waals surface area contributed by atoms with Crippen molar-refractivity contribution < 1.29 is 0 Å². The lowest BCUT2D eigenvalue weighted by atomic mass is 9.76. The number of thiophene rings is 1. The van der Waals surface area contributed by atoms with Gasteiger partial charge in [-0.3, -0.25) is 11.3 Å². The second-order valence-corrected chi connectivity index (χ2v) is 8.30. The number of rotatable bonds is 6. The van der Waals surface area contributed by atoms with Gasteiger partial charge in [-0.05, 0) is 59.2 Å². The van der Waals surface area contributed by atoms with Crippen LogP contribution in [0.1, 0.15) is 50.3 Å². The highest BCUT2D eigenvalue weighted by Gasteiger charge is 2.27. The highest BCUT2D eigenvalue weighted by Crippen LogP contribution is 2.34. The molecule has 1 heterocycles. The Morgan fingerprint density at radius 1 is 1.37 bits per heavy atom. The first kappa shape index (κ1) is 15.5. The Morgan fingerprint density at radius 3 is 2.63 bits per heavy atom. The number of hydrogen-bond acceptors (Lipinski definition) is 3. The SMILES string of the molecule is CCCC1CCC(C(Cc2ccc(Br)s2)NN)CC1. The molecule has 0 bridgehead atoms. The molecule has 1 aromatic rings. The predicted octanol–water partition coefficient (Wildman–Crippen LogP) is 4.49. The lowest BCUT2D eigenvalue weighted by Gasteiger charge is -2.33. The summed E-state index contributed by atoms with van der Waals surface area (Å²) in [5.41, 5.74) is 3.07. The van der Waals surface area contributed by atoms with Gasteiger partial charge in [0.1, 0.15) is 0 Å². The van der Waals surface area contributed by atoms with Gasteiger partial charge in [0.2, 0.25) is 0 Å². The summed E-state index contributed by atoms with van der Waals surface area (Å²) in [4.78, 5) is 1.42. The van der Waals surface area contributed by atoms with Gasteiger partial charge in [-0.2, -0.15) is 0 Å². The van der Waals surface area contributed by atoms with Gasteiger partial charge in [-0.15, -0.1) is 11.3 Å². The molecule has 19 heavy (non-hydrogen) atoms. The summed E-state index contributed by atoms with van der Waals surface area (Å²) < 4.78 is 1.21. The van der Waals surface area contributed by atoms with Crippen LogP contribution in [0.2, 0.25) is 0 Å². The average Bonchev–Trinajstić information content (AvgIpc) is 2.83. The summed E-state index contributed by atoms with van der Waals surface area (Å²) in [5, 5.41) is 0. The van der Waals surface area contributed by atoms with Gasteiger partial charge in [0.05, 0.1) is 3.79 Å². The number of nitrogens with two attached hydrogens (primary N) is 1. The second-order valence-electron chi connectivity index (χ2n) is 5.75. The second kappa shape index (κ2) is 7.77. The third kappa shape index (κ3) is 4.55. The van der Waals surface area contributed by atoms with Crippen LogP contribution in [-0.2, 0) is 6.42 Å². The van der Waals surface area contributed by atoms with Crippen LogP contribution in [0.15, 0.2) is 15.9 Å². The van der Waals surface area contributed by atoms with Crippen molar-refractivity contribution in [1.82, 2.24) is 5.43 Å². The minimum absolute atomic E-state index is 0.438. The van der Waals surface area contributed by atoms with Gasteiger partial charge >= 0.3 is 0 Å². The molecule has 0 radical (unpaired) electrons. The van der Waals surface area contributed by atoms with Gasteiger partial charge in [-0.1, -0.05) is 32.6 Å². The molecule has 1 saturated carbocycles. The fraction of sp³-hybridized carbons (Fsp3) is 0.733. The van der Waals surface area contributed by atoms with Gasteiger partial charge in [0, 0.05) is 10.9 Å². The van der Waals surface area contributed by atoms with E-state index in [2.05, 4.69) is 40.4 Å². The van der Waals surface area contributed by atoms with Gasteiger partial charge < -0.3 is 0 Å². The van der Waals surface area contributed by atoms with Crippen molar-refractivity contribution in [2.45, 2.75) is 57.9 Å². The molecule has 2 rings (SSSR count). The zero-order valence-electron chi connectivity index (χ0n) is 11.7. The van der Waals surface area contributed by atoms with Crippen molar-refractivity contribution in [2.75, 3.05) is 0 Å². The highest BCUT2D eigenvalue weighted by molar-refractivity contribution is 9.11. The first-order valence-corrected chi connectivity index (χ1v) is 9.04. The third-order valence-corrected chi connectivity index (χ3v) is 6.07. The molecule has 0 aliphatic heterocycles. The van der Waals surface area contributed by atoms with Crippen LogP contribution < -0.4 is 11.3 Å². The monoisotopic (exact) mass is 344 g/mol. The van der Waals surface area contributed by atoms with Gasteiger partial charge in [-0.25, -0.2) is 0 Å². The summed E-state index contributed by atoms with van der Waals surface area (Å²) in [7, 11) is 0. The molecule has 0 saturated heterocycles. The Kier molecular flexibility index (Phi) is 6.33. The lowest BCUT2D eigenvalue weighted by Crippen LogP contribution is -2.43. The fourth-order valence-corrected chi connectivity index (χ4v) is 4.87. The van der Waals surface area contributed by atoms with Crippen molar-refractivity contribution in [3.05, 3.63) is 20.8 Å². The van der Waals surface area contributed by atoms with E-state index in [0.717, 1.165) is 18.3 Å². The normalized spacial score (nSPS) is 25.4. The molecular formula is C15H25BrN2S. The number of hydrogen-bond donors (Lipinski definition) is 2. The first-order valence-electron chi connectivity index (χ1n) is 7.43. The Labute approximate surface area is 129 Å². The summed E-state index contributed by atoms with van der Waals surface area (Å²) in [6.45, 7) is 2.30. The molecule has 1 aliphatic carbocycles. The van der Waals surface area contributed by atoms with Crippen molar-refractivity contribution in [2.24, 2.45) is 17.7 Å². The molecule has 0 spiro atoms. The van der Waals surface area contributed by atoms with Crippen LogP contribution in [0.25, 0.3) is 0 Å². The quantitative estimate of drug-likeness (QED) is 0.589. The van der Waals surface area contributed by atoms with Crippen LogP contribution in [0.3, 0.4) is 0 Å². The van der Waals surface area contributed by atoms with E-state index in [0.29, 0.717) is 6.04 Å². The summed E-state index contributed by atoms with van der Waals surface area (Å²) in [5.74, 6) is 7.51. The number of hydrazine groups is 1. The van der Waals surface area contributed by atoms with Crippen LogP contribution in [0, 0.1) is 11.8 Å². The zero-order valence-corrected chi connectivity index (χ0v) is 14.1. The molecule has 1 aliphatic rings. The van der Waals surface area contributed by atoms with E-state index in [-0.39, 0.29) is 0 Å². The molecule has 0 aromatic carbocycles. The Hall–Kier alpha value is 0.1000. The Balaban J connectivity index is 1.85. The number of nitrogens with one attached hydrogen (secondary N) is 1. The molecule has 108 valence electrons. The lowest BCUT2D eigenvalue weighted by molar-refractivity contribution is 0.213. The predicted molar refractivity (Wildman–Crippen MR) is 87.2 cm³/mol. The molecule has 0 amide bonds. The van der Waals surface area contributed by atoms with Crippen molar-refractivity contribution >= 4 is 27.3 Å². The molecule has 3 N–H and O–H groups in total. The van der Waals surface area contributed by atoms with Crippen molar-refractivity contribution in [3.63, 3.8) is 0 Å². The Bertz CT molecular complexity index is 372. The Morgan fingerprint density at radius 2 is 2.11 bits per heavy atom. The van der Waals surface area contributed by atoms with Gasteiger partial charge in [0.15, 0.2) is 0 Å². The van der Waals surface area contributed by atoms with E-state index < -0.39 is 0 Å². The van der Waals surface area contributed by atoms with E-state index in [1.165, 1.54) is 47.2 Å². The largest absolute Gasteiger partial charge is 0.271 e. The smallest absolute Gasteiger partial charge is 0.0701 e. The van der Waals surface area contributed by atoms with E-state index in [4.69, 9.17) is 5.84 Å². The molecule has 1 fully saturated rings. The molecule has 1 atom stereocenters. The van der Waals surface area contributed by atoms with E-state index in [9.17, 15) is 0 Å². The maximum absolute atomic E-state index is 5.79. The maximum Gasteiger partial charge on any atom is 0.0701 e. The van der Waals surface area contributed by atoms with Crippen LogP contribution in [0.4, 0.5) is 0 Å². The highest BCUT2D eigenvalue weighted by atomic mass is 79.9. The molecule has 1 aromatic heterocycles. The minimum Gasteiger partial charge on any atom is -0.271 e. The zero-order chi connectivity index (χ0) is 13.7. The van der Waals surface area contributed by atoms with Crippen LogP contribution in [0.5, 0.6) is 0 Å².